The zero-order valence-electron chi connectivity index (χ0n) is 13.8. The molecule has 0 aliphatic heterocycles. The van der Waals surface area contributed by atoms with Gasteiger partial charge in [0.05, 0.1) is 0 Å². The van der Waals surface area contributed by atoms with Gasteiger partial charge in [0.25, 0.3) is 11.8 Å². The van der Waals surface area contributed by atoms with Crippen LogP contribution in [0.15, 0.2) is 58.7 Å². The number of rotatable bonds is 5. The molecule has 0 atom stereocenters. The van der Waals surface area contributed by atoms with Crippen molar-refractivity contribution in [3.8, 4) is 23.0 Å². The molecular formula is C18H12ClN5O2S. The highest BCUT2D eigenvalue weighted by atomic mass is 35.5. The second kappa shape index (κ2) is 7.65. The smallest absolute Gasteiger partial charge is 0.280 e. The van der Waals surface area contributed by atoms with Crippen molar-refractivity contribution in [3.63, 3.8) is 0 Å². The molecule has 0 unspecified atom stereocenters. The van der Waals surface area contributed by atoms with Crippen LogP contribution in [0.25, 0.3) is 23.0 Å². The monoisotopic (exact) mass is 397 g/mol. The van der Waals surface area contributed by atoms with Gasteiger partial charge in [0.1, 0.15) is 5.69 Å². The number of hydrogen-bond acceptors (Lipinski definition) is 7. The molecule has 0 aliphatic carbocycles. The summed E-state index contributed by atoms with van der Waals surface area (Å²) in [6.45, 7) is 0.320. The second-order valence-corrected chi connectivity index (χ2v) is 6.74. The van der Waals surface area contributed by atoms with Crippen LogP contribution in [-0.2, 0) is 6.54 Å². The maximum absolute atomic E-state index is 12.3. The Balaban J connectivity index is 1.46. The number of hydrogen-bond donors (Lipinski definition) is 1. The van der Waals surface area contributed by atoms with Gasteiger partial charge in [-0.3, -0.25) is 9.78 Å². The number of aromatic nitrogens is 4. The Morgan fingerprint density at radius 1 is 1.15 bits per heavy atom. The highest BCUT2D eigenvalue weighted by Gasteiger charge is 2.17. The third kappa shape index (κ3) is 3.86. The van der Waals surface area contributed by atoms with Crippen LogP contribution in [0.4, 0.5) is 0 Å². The number of pyridine rings is 1. The van der Waals surface area contributed by atoms with Gasteiger partial charge in [-0.25, -0.2) is 4.98 Å². The quantitative estimate of drug-likeness (QED) is 0.550. The fourth-order valence-corrected chi connectivity index (χ4v) is 3.22. The minimum absolute atomic E-state index is 0.253. The highest BCUT2D eigenvalue weighted by molar-refractivity contribution is 7.12. The van der Waals surface area contributed by atoms with Gasteiger partial charge in [0, 0.05) is 34.9 Å². The normalized spacial score (nSPS) is 10.7. The summed E-state index contributed by atoms with van der Waals surface area (Å²) in [5.41, 5.74) is 2.08. The molecule has 1 aromatic carbocycles. The molecule has 0 saturated carbocycles. The van der Waals surface area contributed by atoms with E-state index in [-0.39, 0.29) is 11.8 Å². The highest BCUT2D eigenvalue weighted by Crippen LogP contribution is 2.23. The van der Waals surface area contributed by atoms with Gasteiger partial charge in [-0.2, -0.15) is 4.98 Å². The van der Waals surface area contributed by atoms with Crippen molar-refractivity contribution < 1.29 is 9.32 Å². The first-order chi connectivity index (χ1) is 13.2. The number of benzene rings is 1. The molecule has 4 rings (SSSR count). The average Bonchev–Trinajstić information content (AvgIpc) is 3.37. The van der Waals surface area contributed by atoms with Crippen LogP contribution in [0.3, 0.4) is 0 Å². The maximum Gasteiger partial charge on any atom is 0.280 e. The lowest BCUT2D eigenvalue weighted by atomic mass is 10.2. The Hall–Kier alpha value is -3.10. The van der Waals surface area contributed by atoms with Crippen molar-refractivity contribution in [2.45, 2.75) is 6.54 Å². The van der Waals surface area contributed by atoms with Gasteiger partial charge in [-0.05, 0) is 23.8 Å². The largest absolute Gasteiger partial charge is 0.346 e. The number of nitrogens with zero attached hydrogens (tertiary/aromatic N) is 4. The summed E-state index contributed by atoms with van der Waals surface area (Å²) in [4.78, 5) is 24.9. The average molecular weight is 398 g/mol. The van der Waals surface area contributed by atoms with Crippen molar-refractivity contribution in [1.29, 1.82) is 0 Å². The van der Waals surface area contributed by atoms with E-state index in [9.17, 15) is 4.79 Å². The summed E-state index contributed by atoms with van der Waals surface area (Å²) in [6, 6.07) is 10.9. The summed E-state index contributed by atoms with van der Waals surface area (Å²) >= 11 is 7.30. The standard InChI is InChI=1S/C18H12ClN5O2S/c19-13-4-2-1-3-12(13)9-21-16(25)18-22-14(10-27-18)17-23-15(24-26-17)11-5-7-20-8-6-11/h1-8,10H,9H2,(H,21,25). The molecule has 3 heterocycles. The van der Waals surface area contributed by atoms with Crippen molar-refractivity contribution in [1.82, 2.24) is 25.4 Å². The summed E-state index contributed by atoms with van der Waals surface area (Å²) < 4.78 is 5.26. The third-order valence-electron chi connectivity index (χ3n) is 3.68. The van der Waals surface area contributed by atoms with Crippen LogP contribution >= 0.6 is 22.9 Å². The van der Waals surface area contributed by atoms with Gasteiger partial charge < -0.3 is 9.84 Å². The Morgan fingerprint density at radius 2 is 1.96 bits per heavy atom. The molecule has 1 amide bonds. The molecule has 0 fully saturated rings. The summed E-state index contributed by atoms with van der Waals surface area (Å²) in [6.07, 6.45) is 3.30. The van der Waals surface area contributed by atoms with E-state index in [2.05, 4.69) is 25.4 Å². The topological polar surface area (TPSA) is 93.8 Å². The van der Waals surface area contributed by atoms with Crippen LogP contribution in [-0.4, -0.2) is 26.0 Å². The number of halogens is 1. The third-order valence-corrected chi connectivity index (χ3v) is 4.89. The van der Waals surface area contributed by atoms with Gasteiger partial charge in [-0.15, -0.1) is 11.3 Å². The molecule has 0 saturated heterocycles. The van der Waals surface area contributed by atoms with Gasteiger partial charge in [-0.1, -0.05) is 35.0 Å². The molecule has 0 radical (unpaired) electrons. The number of amides is 1. The Labute approximate surface area is 163 Å². The molecule has 9 heteroatoms. The Morgan fingerprint density at radius 3 is 2.78 bits per heavy atom. The first-order valence-corrected chi connectivity index (χ1v) is 9.18. The van der Waals surface area contributed by atoms with E-state index in [4.69, 9.17) is 16.1 Å². The number of carbonyl (C=O) groups excluding carboxylic acids is 1. The van der Waals surface area contributed by atoms with Crippen LogP contribution in [0.5, 0.6) is 0 Å². The van der Waals surface area contributed by atoms with Crippen molar-refractivity contribution in [3.05, 3.63) is 69.8 Å². The summed E-state index contributed by atoms with van der Waals surface area (Å²) in [5, 5.41) is 9.35. The predicted molar refractivity (Wildman–Crippen MR) is 101 cm³/mol. The zero-order valence-corrected chi connectivity index (χ0v) is 15.4. The van der Waals surface area contributed by atoms with E-state index in [0.29, 0.717) is 28.1 Å². The number of thiazole rings is 1. The minimum Gasteiger partial charge on any atom is -0.346 e. The number of nitrogens with one attached hydrogen (secondary N) is 1. The van der Waals surface area contributed by atoms with Crippen LogP contribution in [0.2, 0.25) is 5.02 Å². The minimum atomic E-state index is -0.292. The van der Waals surface area contributed by atoms with Crippen LogP contribution in [0.1, 0.15) is 15.4 Å². The Kier molecular flexibility index (Phi) is 4.91. The van der Waals surface area contributed by atoms with E-state index in [1.54, 1.807) is 36.0 Å². The zero-order chi connectivity index (χ0) is 18.6. The molecule has 134 valence electrons. The lowest BCUT2D eigenvalue weighted by Gasteiger charge is -2.04. The summed E-state index contributed by atoms with van der Waals surface area (Å²) in [5.74, 6) is 0.397. The maximum atomic E-state index is 12.3. The molecule has 0 spiro atoms. The van der Waals surface area contributed by atoms with Crippen LogP contribution < -0.4 is 5.32 Å². The fourth-order valence-electron chi connectivity index (χ4n) is 2.31. The summed E-state index contributed by atoms with van der Waals surface area (Å²) in [7, 11) is 0. The fraction of sp³-hybridized carbons (Fsp3) is 0.0556. The second-order valence-electron chi connectivity index (χ2n) is 5.47. The van der Waals surface area contributed by atoms with Gasteiger partial charge in [0.2, 0.25) is 5.82 Å². The molecule has 0 bridgehead atoms. The van der Waals surface area contributed by atoms with Gasteiger partial charge in [0.15, 0.2) is 5.01 Å². The van der Waals surface area contributed by atoms with E-state index in [1.165, 1.54) is 11.3 Å². The predicted octanol–water partition coefficient (Wildman–Crippen LogP) is 3.84. The Bertz CT molecular complexity index is 1080. The SMILES string of the molecule is O=C(NCc1ccccc1Cl)c1nc(-c2nc(-c3ccncc3)no2)cs1. The van der Waals surface area contributed by atoms with Crippen molar-refractivity contribution in [2.75, 3.05) is 0 Å². The van der Waals surface area contributed by atoms with Crippen LogP contribution in [0, 0.1) is 0 Å². The van der Waals surface area contributed by atoms with E-state index in [1.807, 2.05) is 18.2 Å². The molecular weight excluding hydrogens is 386 g/mol. The van der Waals surface area contributed by atoms with E-state index < -0.39 is 0 Å². The van der Waals surface area contributed by atoms with Gasteiger partial charge >= 0.3 is 0 Å². The number of carbonyl (C=O) groups is 1. The molecule has 1 N–H and O–H groups in total. The molecule has 4 aromatic rings. The van der Waals surface area contributed by atoms with E-state index in [0.717, 1.165) is 11.1 Å². The first kappa shape index (κ1) is 17.3. The van der Waals surface area contributed by atoms with Crippen molar-refractivity contribution in [2.24, 2.45) is 0 Å². The lowest BCUT2D eigenvalue weighted by molar-refractivity contribution is 0.0950. The molecule has 7 nitrogen and oxygen atoms in total. The van der Waals surface area contributed by atoms with E-state index >= 15 is 0 Å². The molecule has 0 aliphatic rings. The first-order valence-electron chi connectivity index (χ1n) is 7.92. The van der Waals surface area contributed by atoms with Crippen molar-refractivity contribution >= 4 is 28.8 Å². The molecule has 27 heavy (non-hydrogen) atoms. The molecule has 3 aromatic heterocycles. The lowest BCUT2D eigenvalue weighted by Crippen LogP contribution is -2.22.